The van der Waals surface area contributed by atoms with Crippen LogP contribution < -0.4 is 10.6 Å². The van der Waals surface area contributed by atoms with Crippen LogP contribution in [-0.4, -0.2) is 17.8 Å². The first-order valence-corrected chi connectivity index (χ1v) is 5.89. The summed E-state index contributed by atoms with van der Waals surface area (Å²) in [5.74, 6) is 0. The molecule has 0 heterocycles. The predicted octanol–water partition coefficient (Wildman–Crippen LogP) is 3.44. The van der Waals surface area contributed by atoms with Crippen molar-refractivity contribution in [3.05, 3.63) is 28.2 Å². The molecule has 0 spiro atoms. The summed E-state index contributed by atoms with van der Waals surface area (Å²) in [7, 11) is 0. The van der Waals surface area contributed by atoms with Crippen LogP contribution in [0.1, 0.15) is 6.92 Å². The first-order valence-electron chi connectivity index (χ1n) is 4.72. The van der Waals surface area contributed by atoms with Gasteiger partial charge in [0.1, 0.15) is 0 Å². The van der Waals surface area contributed by atoms with Gasteiger partial charge in [-0.15, -0.1) is 0 Å². The van der Waals surface area contributed by atoms with E-state index in [2.05, 4.69) is 15.4 Å². The van der Waals surface area contributed by atoms with Crippen molar-refractivity contribution in [2.24, 2.45) is 0 Å². The second-order valence-electron chi connectivity index (χ2n) is 2.92. The molecule has 4 nitrogen and oxygen atoms in total. The van der Waals surface area contributed by atoms with Crippen LogP contribution in [0.15, 0.2) is 18.2 Å². The lowest BCUT2D eigenvalue weighted by molar-refractivity contribution is 0.158. The molecule has 7 heteroatoms. The topological polar surface area (TPSA) is 50.4 Å². The molecule has 0 unspecified atom stereocenters. The minimum absolute atomic E-state index is 0.104. The molecule has 92 valence electrons. The number of anilines is 1. The van der Waals surface area contributed by atoms with Gasteiger partial charge in [0.2, 0.25) is 0 Å². The Balaban J connectivity index is 2.59. The molecule has 0 saturated carbocycles. The van der Waals surface area contributed by atoms with Gasteiger partial charge in [0, 0.05) is 5.02 Å². The molecule has 1 amide bonds. The van der Waals surface area contributed by atoms with Crippen LogP contribution in [0, 0.1) is 0 Å². The molecule has 0 aliphatic heterocycles. The summed E-state index contributed by atoms with van der Waals surface area (Å²) in [5, 5.41) is 6.12. The maximum Gasteiger partial charge on any atom is 0.413 e. The molecule has 17 heavy (non-hydrogen) atoms. The molecule has 0 bridgehead atoms. The van der Waals surface area contributed by atoms with Gasteiger partial charge < -0.3 is 10.1 Å². The number of hydrogen-bond acceptors (Lipinski definition) is 3. The molecule has 1 aromatic carbocycles. The van der Waals surface area contributed by atoms with Gasteiger partial charge in [-0.25, -0.2) is 4.79 Å². The molecule has 0 radical (unpaired) electrons. The molecular formula is C10H10Cl2N2O2S. The van der Waals surface area contributed by atoms with Gasteiger partial charge >= 0.3 is 6.09 Å². The fourth-order valence-corrected chi connectivity index (χ4v) is 1.65. The van der Waals surface area contributed by atoms with Crippen molar-refractivity contribution < 1.29 is 9.53 Å². The van der Waals surface area contributed by atoms with Gasteiger partial charge in [-0.05, 0) is 37.3 Å². The standard InChI is InChI=1S/C10H10Cl2N2O2S/c1-2-16-10(15)14-9(17)13-8-4-3-6(11)5-7(8)12/h3-5H,2H2,1H3,(H2,13,14,15,17). The quantitative estimate of drug-likeness (QED) is 0.820. The Morgan fingerprint density at radius 2 is 2.18 bits per heavy atom. The number of hydrogen-bond donors (Lipinski definition) is 2. The summed E-state index contributed by atoms with van der Waals surface area (Å²) in [4.78, 5) is 11.1. The van der Waals surface area contributed by atoms with Crippen molar-refractivity contribution in [2.75, 3.05) is 11.9 Å². The van der Waals surface area contributed by atoms with E-state index < -0.39 is 6.09 Å². The molecular weight excluding hydrogens is 283 g/mol. The van der Waals surface area contributed by atoms with Gasteiger partial charge in [0.25, 0.3) is 0 Å². The van der Waals surface area contributed by atoms with Gasteiger partial charge in [0.15, 0.2) is 5.11 Å². The molecule has 1 rings (SSSR count). The van der Waals surface area contributed by atoms with Gasteiger partial charge in [0.05, 0.1) is 17.3 Å². The van der Waals surface area contributed by atoms with E-state index in [9.17, 15) is 4.79 Å². The van der Waals surface area contributed by atoms with Crippen LogP contribution in [-0.2, 0) is 4.74 Å². The normalized spacial score (nSPS) is 9.59. The van der Waals surface area contributed by atoms with Crippen molar-refractivity contribution in [1.82, 2.24) is 5.32 Å². The number of thiocarbonyl (C=S) groups is 1. The SMILES string of the molecule is CCOC(=O)NC(=S)Nc1ccc(Cl)cc1Cl. The number of rotatable bonds is 2. The molecule has 0 aromatic heterocycles. The largest absolute Gasteiger partial charge is 0.450 e. The molecule has 0 aliphatic rings. The van der Waals surface area contributed by atoms with E-state index in [1.54, 1.807) is 25.1 Å². The summed E-state index contributed by atoms with van der Waals surface area (Å²) >= 11 is 16.6. The van der Waals surface area contributed by atoms with E-state index in [0.29, 0.717) is 15.7 Å². The van der Waals surface area contributed by atoms with Gasteiger partial charge in [-0.1, -0.05) is 23.2 Å². The molecule has 0 aliphatic carbocycles. The Bertz CT molecular complexity index is 440. The molecule has 2 N–H and O–H groups in total. The average molecular weight is 293 g/mol. The Labute approximate surface area is 114 Å². The van der Waals surface area contributed by atoms with Crippen molar-refractivity contribution in [3.63, 3.8) is 0 Å². The summed E-state index contributed by atoms with van der Waals surface area (Å²) in [6, 6.07) is 4.88. The molecule has 1 aromatic rings. The smallest absolute Gasteiger partial charge is 0.413 e. The highest BCUT2D eigenvalue weighted by Gasteiger charge is 2.07. The van der Waals surface area contributed by atoms with Crippen LogP contribution in [0.25, 0.3) is 0 Å². The number of benzene rings is 1. The third kappa shape index (κ3) is 4.77. The summed E-state index contributed by atoms with van der Waals surface area (Å²) < 4.78 is 4.67. The Morgan fingerprint density at radius 1 is 1.47 bits per heavy atom. The summed E-state index contributed by atoms with van der Waals surface area (Å²) in [5.41, 5.74) is 0.554. The fraction of sp³-hybridized carbons (Fsp3) is 0.200. The maximum atomic E-state index is 11.1. The number of carbonyl (C=O) groups is 1. The lowest BCUT2D eigenvalue weighted by atomic mass is 10.3. The van der Waals surface area contributed by atoms with Crippen LogP contribution in [0.2, 0.25) is 10.0 Å². The van der Waals surface area contributed by atoms with Crippen LogP contribution >= 0.6 is 35.4 Å². The number of nitrogens with one attached hydrogen (secondary N) is 2. The number of amides is 1. The maximum absolute atomic E-state index is 11.1. The summed E-state index contributed by atoms with van der Waals surface area (Å²) in [6.45, 7) is 1.97. The zero-order valence-electron chi connectivity index (χ0n) is 8.92. The van der Waals surface area contributed by atoms with Gasteiger partial charge in [-0.3, -0.25) is 5.32 Å². The lowest BCUT2D eigenvalue weighted by Gasteiger charge is -2.10. The van der Waals surface area contributed by atoms with Crippen molar-refractivity contribution >= 4 is 52.3 Å². The van der Waals surface area contributed by atoms with Crippen molar-refractivity contribution in [3.8, 4) is 0 Å². The van der Waals surface area contributed by atoms with Gasteiger partial charge in [-0.2, -0.15) is 0 Å². The zero-order valence-corrected chi connectivity index (χ0v) is 11.2. The first-order chi connectivity index (χ1) is 8.02. The van der Waals surface area contributed by atoms with Crippen LogP contribution in [0.3, 0.4) is 0 Å². The first kappa shape index (κ1) is 14.0. The van der Waals surface area contributed by atoms with E-state index in [1.807, 2.05) is 0 Å². The number of alkyl carbamates (subject to hydrolysis) is 1. The summed E-state index contributed by atoms with van der Waals surface area (Å²) in [6.07, 6.45) is -0.616. The molecule has 0 saturated heterocycles. The van der Waals surface area contributed by atoms with Crippen molar-refractivity contribution in [1.29, 1.82) is 0 Å². The molecule has 0 fully saturated rings. The third-order valence-corrected chi connectivity index (χ3v) is 2.42. The highest BCUT2D eigenvalue weighted by molar-refractivity contribution is 7.80. The second kappa shape index (κ2) is 6.64. The second-order valence-corrected chi connectivity index (χ2v) is 4.18. The highest BCUT2D eigenvalue weighted by atomic mass is 35.5. The third-order valence-electron chi connectivity index (χ3n) is 1.67. The van der Waals surface area contributed by atoms with E-state index in [4.69, 9.17) is 35.4 Å². The van der Waals surface area contributed by atoms with E-state index >= 15 is 0 Å². The van der Waals surface area contributed by atoms with Crippen LogP contribution in [0.4, 0.5) is 10.5 Å². The Morgan fingerprint density at radius 3 is 2.76 bits per heavy atom. The number of ether oxygens (including phenoxy) is 1. The van der Waals surface area contributed by atoms with E-state index in [1.165, 1.54) is 0 Å². The highest BCUT2D eigenvalue weighted by Crippen LogP contribution is 2.25. The van der Waals surface area contributed by atoms with E-state index in [0.717, 1.165) is 0 Å². The lowest BCUT2D eigenvalue weighted by Crippen LogP contribution is -2.34. The Kier molecular flexibility index (Phi) is 5.47. The predicted molar refractivity (Wildman–Crippen MR) is 72.8 cm³/mol. The van der Waals surface area contributed by atoms with Crippen molar-refractivity contribution in [2.45, 2.75) is 6.92 Å². The number of halogens is 2. The minimum Gasteiger partial charge on any atom is -0.450 e. The minimum atomic E-state index is -0.616. The molecule has 0 atom stereocenters. The van der Waals surface area contributed by atoms with Crippen LogP contribution in [0.5, 0.6) is 0 Å². The van der Waals surface area contributed by atoms with E-state index in [-0.39, 0.29) is 11.7 Å². The average Bonchev–Trinajstić information content (AvgIpc) is 2.22. The zero-order chi connectivity index (χ0) is 12.8. The number of carbonyl (C=O) groups excluding carboxylic acids is 1. The Hall–Kier alpha value is -1.04. The fourth-order valence-electron chi connectivity index (χ4n) is 1.00. The monoisotopic (exact) mass is 292 g/mol.